The Morgan fingerprint density at radius 2 is 2.58 bits per heavy atom. The highest BCUT2D eigenvalue weighted by molar-refractivity contribution is 5.87. The van der Waals surface area contributed by atoms with Crippen molar-refractivity contribution in [3.8, 4) is 0 Å². The van der Waals surface area contributed by atoms with Crippen molar-refractivity contribution >= 4 is 5.97 Å². The van der Waals surface area contributed by atoms with Gasteiger partial charge in [-0.1, -0.05) is 5.16 Å². The first kappa shape index (κ1) is 8.73. The van der Waals surface area contributed by atoms with Crippen LogP contribution in [0.2, 0.25) is 0 Å². The van der Waals surface area contributed by atoms with Crippen molar-refractivity contribution in [2.75, 3.05) is 6.61 Å². The van der Waals surface area contributed by atoms with E-state index in [0.717, 1.165) is 0 Å². The van der Waals surface area contributed by atoms with E-state index in [-0.39, 0.29) is 12.2 Å². The molecule has 0 saturated carbocycles. The highest BCUT2D eigenvalue weighted by Crippen LogP contribution is 2.03. The number of nitrogens with two attached hydrogens (primary N) is 1. The average molecular weight is 170 g/mol. The predicted molar refractivity (Wildman–Crippen MR) is 40.4 cm³/mol. The van der Waals surface area contributed by atoms with Crippen LogP contribution in [0.4, 0.5) is 0 Å². The second-order valence-corrected chi connectivity index (χ2v) is 2.10. The summed E-state index contributed by atoms with van der Waals surface area (Å²) in [6, 6.07) is 1.47. The van der Waals surface area contributed by atoms with Crippen molar-refractivity contribution in [2.24, 2.45) is 5.73 Å². The van der Waals surface area contributed by atoms with E-state index in [1.165, 1.54) is 6.07 Å². The molecule has 0 bridgehead atoms. The van der Waals surface area contributed by atoms with Gasteiger partial charge in [-0.15, -0.1) is 0 Å². The van der Waals surface area contributed by atoms with Crippen LogP contribution in [0.3, 0.4) is 0 Å². The summed E-state index contributed by atoms with van der Waals surface area (Å²) < 4.78 is 9.39. The van der Waals surface area contributed by atoms with E-state index >= 15 is 0 Å². The normalized spacial score (nSPS) is 9.83. The molecule has 0 aromatic carbocycles. The molecule has 1 rings (SSSR count). The Kier molecular flexibility index (Phi) is 2.82. The molecule has 66 valence electrons. The second kappa shape index (κ2) is 3.87. The fraction of sp³-hybridized carbons (Fsp3) is 0.429. The molecule has 5 heteroatoms. The van der Waals surface area contributed by atoms with E-state index in [9.17, 15) is 4.79 Å². The lowest BCUT2D eigenvalue weighted by Crippen LogP contribution is -2.04. The van der Waals surface area contributed by atoms with Crippen LogP contribution in [-0.4, -0.2) is 17.7 Å². The zero-order valence-corrected chi connectivity index (χ0v) is 6.74. The molecule has 0 saturated heterocycles. The first-order valence-electron chi connectivity index (χ1n) is 3.60. The smallest absolute Gasteiger partial charge is 0.360 e. The molecule has 0 unspecified atom stereocenters. The van der Waals surface area contributed by atoms with Crippen LogP contribution < -0.4 is 5.73 Å². The molecule has 12 heavy (non-hydrogen) atoms. The Balaban J connectivity index is 2.68. The molecule has 1 aromatic heterocycles. The third kappa shape index (κ3) is 1.82. The minimum absolute atomic E-state index is 0.164. The SMILES string of the molecule is CCOC(=O)c1cc(CN)on1. The van der Waals surface area contributed by atoms with E-state index in [2.05, 4.69) is 9.89 Å². The van der Waals surface area contributed by atoms with Crippen molar-refractivity contribution in [1.82, 2.24) is 5.16 Å². The summed E-state index contributed by atoms with van der Waals surface area (Å²) in [7, 11) is 0. The molecule has 0 aliphatic heterocycles. The van der Waals surface area contributed by atoms with Gasteiger partial charge in [-0.2, -0.15) is 0 Å². The standard InChI is InChI=1S/C7H10N2O3/c1-2-11-7(10)6-3-5(4-8)12-9-6/h3H,2,4,8H2,1H3. The van der Waals surface area contributed by atoms with Gasteiger partial charge in [-0.3, -0.25) is 0 Å². The number of ether oxygens (including phenoxy) is 1. The Labute approximate surface area is 69.5 Å². The number of carbonyl (C=O) groups excluding carboxylic acids is 1. The summed E-state index contributed by atoms with van der Waals surface area (Å²) in [5.41, 5.74) is 5.42. The molecule has 0 aliphatic carbocycles. The highest BCUT2D eigenvalue weighted by Gasteiger charge is 2.11. The molecular weight excluding hydrogens is 160 g/mol. The second-order valence-electron chi connectivity index (χ2n) is 2.10. The zero-order valence-electron chi connectivity index (χ0n) is 6.74. The molecule has 1 aromatic rings. The Hall–Kier alpha value is -1.36. The lowest BCUT2D eigenvalue weighted by Gasteiger charge is -1.94. The minimum Gasteiger partial charge on any atom is -0.461 e. The van der Waals surface area contributed by atoms with Crippen LogP contribution in [0.25, 0.3) is 0 Å². The van der Waals surface area contributed by atoms with Crippen LogP contribution in [-0.2, 0) is 11.3 Å². The van der Waals surface area contributed by atoms with E-state index < -0.39 is 5.97 Å². The molecule has 0 radical (unpaired) electrons. The maximum atomic E-state index is 11.0. The summed E-state index contributed by atoms with van der Waals surface area (Å²) in [5.74, 6) is -0.0148. The first-order chi connectivity index (χ1) is 5.77. The highest BCUT2D eigenvalue weighted by atomic mass is 16.5. The maximum absolute atomic E-state index is 11.0. The molecule has 0 aliphatic rings. The van der Waals surface area contributed by atoms with Crippen molar-refractivity contribution in [3.63, 3.8) is 0 Å². The van der Waals surface area contributed by atoms with Crippen LogP contribution in [0.15, 0.2) is 10.6 Å². The van der Waals surface area contributed by atoms with Gasteiger partial charge in [0.25, 0.3) is 0 Å². The van der Waals surface area contributed by atoms with Crippen LogP contribution >= 0.6 is 0 Å². The Morgan fingerprint density at radius 3 is 3.08 bits per heavy atom. The zero-order chi connectivity index (χ0) is 8.97. The number of hydrogen-bond acceptors (Lipinski definition) is 5. The van der Waals surface area contributed by atoms with Crippen molar-refractivity contribution in [2.45, 2.75) is 13.5 Å². The first-order valence-corrected chi connectivity index (χ1v) is 3.60. The van der Waals surface area contributed by atoms with E-state index in [0.29, 0.717) is 12.4 Å². The van der Waals surface area contributed by atoms with Crippen molar-refractivity contribution in [1.29, 1.82) is 0 Å². The van der Waals surface area contributed by atoms with Gasteiger partial charge in [0.1, 0.15) is 0 Å². The van der Waals surface area contributed by atoms with Crippen molar-refractivity contribution < 1.29 is 14.1 Å². The van der Waals surface area contributed by atoms with Gasteiger partial charge in [-0.25, -0.2) is 4.79 Å². The lowest BCUT2D eigenvalue weighted by molar-refractivity contribution is 0.0514. The molecule has 5 nitrogen and oxygen atoms in total. The number of rotatable bonds is 3. The van der Waals surface area contributed by atoms with E-state index in [4.69, 9.17) is 10.3 Å². The van der Waals surface area contributed by atoms with Gasteiger partial charge in [0, 0.05) is 6.07 Å². The van der Waals surface area contributed by atoms with Crippen LogP contribution in [0.1, 0.15) is 23.2 Å². The van der Waals surface area contributed by atoms with Crippen molar-refractivity contribution in [3.05, 3.63) is 17.5 Å². The van der Waals surface area contributed by atoms with Gasteiger partial charge in [0.05, 0.1) is 13.2 Å². The number of hydrogen-bond donors (Lipinski definition) is 1. The molecule has 1 heterocycles. The maximum Gasteiger partial charge on any atom is 0.360 e. The summed E-state index contributed by atoms with van der Waals surface area (Å²) in [6.45, 7) is 2.28. The predicted octanol–water partition coefficient (Wildman–Crippen LogP) is 0.310. The summed E-state index contributed by atoms with van der Waals surface area (Å²) in [4.78, 5) is 11.0. The van der Waals surface area contributed by atoms with Gasteiger partial charge in [0.2, 0.25) is 0 Å². The lowest BCUT2D eigenvalue weighted by atomic mass is 10.4. The van der Waals surface area contributed by atoms with Gasteiger partial charge >= 0.3 is 5.97 Å². The molecule has 2 N–H and O–H groups in total. The summed E-state index contributed by atoms with van der Waals surface area (Å²) >= 11 is 0. The van der Waals surface area contributed by atoms with Gasteiger partial charge in [0.15, 0.2) is 11.5 Å². The minimum atomic E-state index is -0.485. The van der Waals surface area contributed by atoms with Crippen LogP contribution in [0.5, 0.6) is 0 Å². The average Bonchev–Trinajstić information content (AvgIpc) is 2.52. The summed E-state index contributed by atoms with van der Waals surface area (Å²) in [6.07, 6.45) is 0. The van der Waals surface area contributed by atoms with Gasteiger partial charge in [-0.05, 0) is 6.92 Å². The summed E-state index contributed by atoms with van der Waals surface area (Å²) in [5, 5.41) is 3.48. The quantitative estimate of drug-likeness (QED) is 0.660. The molecular formula is C7H10N2O3. The third-order valence-corrected chi connectivity index (χ3v) is 1.24. The fourth-order valence-corrected chi connectivity index (χ4v) is 0.710. The van der Waals surface area contributed by atoms with Gasteiger partial charge < -0.3 is 15.0 Å². The topological polar surface area (TPSA) is 78.4 Å². The Morgan fingerprint density at radius 1 is 1.83 bits per heavy atom. The third-order valence-electron chi connectivity index (χ3n) is 1.24. The molecule has 0 fully saturated rings. The number of esters is 1. The largest absolute Gasteiger partial charge is 0.461 e. The number of nitrogens with zero attached hydrogens (tertiary/aromatic N) is 1. The fourth-order valence-electron chi connectivity index (χ4n) is 0.710. The number of aromatic nitrogens is 1. The molecule has 0 spiro atoms. The Bertz CT molecular complexity index is 269. The van der Waals surface area contributed by atoms with E-state index in [1.54, 1.807) is 6.92 Å². The molecule has 0 atom stereocenters. The monoisotopic (exact) mass is 170 g/mol. The van der Waals surface area contributed by atoms with Crippen LogP contribution in [0, 0.1) is 0 Å². The number of carbonyl (C=O) groups is 1. The molecule has 0 amide bonds. The van der Waals surface area contributed by atoms with E-state index in [1.807, 2.05) is 0 Å².